The standard InChI is InChI=1S/C8H7Cl3P.Cl6P/c9-12(10,11)7-6-8-4-2-1-3-5-8;1-7(2,3,4,5)6/h1-7H;/q+1;-1/b7-6+;. The van der Waals surface area contributed by atoms with Crippen molar-refractivity contribution < 1.29 is 0 Å². The molecule has 0 fully saturated rings. The van der Waals surface area contributed by atoms with Crippen molar-refractivity contribution in [2.45, 2.75) is 0 Å². The van der Waals surface area contributed by atoms with Crippen molar-refractivity contribution in [2.75, 3.05) is 0 Å². The third-order valence-corrected chi connectivity index (χ3v) is 2.74. The van der Waals surface area contributed by atoms with Crippen molar-refractivity contribution >= 4 is 115 Å². The number of hydrogen-bond donors (Lipinski definition) is 0. The minimum atomic E-state index is -4.82. The Morgan fingerprint density at radius 3 is 1.47 bits per heavy atom. The molecule has 0 aliphatic heterocycles. The Bertz CT molecular complexity index is 416. The first-order chi connectivity index (χ1) is 8.03. The molecule has 1 aromatic carbocycles. The summed E-state index contributed by atoms with van der Waals surface area (Å²) in [6.07, 6.45) is 1.82. The summed E-state index contributed by atoms with van der Waals surface area (Å²) in [5, 5.41) is -2.35. The molecule has 0 unspecified atom stereocenters. The van der Waals surface area contributed by atoms with E-state index in [0.29, 0.717) is 0 Å². The average molecular weight is 484 g/mol. The van der Waals surface area contributed by atoms with E-state index < -0.39 is 7.38 Å². The van der Waals surface area contributed by atoms with Crippen LogP contribution in [0.25, 0.3) is 6.08 Å². The summed E-state index contributed by atoms with van der Waals surface area (Å²) in [6.45, 7) is 0. The van der Waals surface area contributed by atoms with Gasteiger partial charge in [-0.2, -0.15) is 0 Å². The van der Waals surface area contributed by atoms with Gasteiger partial charge < -0.3 is 0 Å². The molecule has 0 radical (unpaired) electrons. The van der Waals surface area contributed by atoms with Gasteiger partial charge in [-0.15, -0.1) is 0 Å². The van der Waals surface area contributed by atoms with Crippen LogP contribution in [-0.4, -0.2) is 0 Å². The SMILES string of the molecule is Cl[P+](Cl)(Cl)/C=C/c1ccccc1.Cl[P-](Cl)(Cl)(Cl)(Cl)Cl. The fraction of sp³-hybridized carbons (Fsp3) is 0. The summed E-state index contributed by atoms with van der Waals surface area (Å²) in [6, 6.07) is 9.74. The molecule has 0 spiro atoms. The van der Waals surface area contributed by atoms with Gasteiger partial charge in [-0.05, 0) is 11.6 Å². The molecule has 0 amide bonds. The van der Waals surface area contributed by atoms with Crippen LogP contribution < -0.4 is 0 Å². The molecule has 11 heteroatoms. The molecule has 0 aliphatic rings. The predicted octanol–water partition coefficient (Wildman–Crippen LogP) is 10.1. The van der Waals surface area contributed by atoms with Crippen molar-refractivity contribution in [3.63, 3.8) is 0 Å². The molecule has 0 saturated carbocycles. The van der Waals surface area contributed by atoms with Gasteiger partial charge in [0.25, 0.3) is 0 Å². The minimum absolute atomic E-state index is 1.05. The van der Waals surface area contributed by atoms with Crippen molar-refractivity contribution in [1.82, 2.24) is 0 Å². The second-order valence-electron chi connectivity index (χ2n) is 3.17. The van der Waals surface area contributed by atoms with Crippen LogP contribution in [0.15, 0.2) is 36.1 Å². The number of hydrogen-bond acceptors (Lipinski definition) is 0. The Balaban J connectivity index is 0.000000399. The van der Waals surface area contributed by atoms with Crippen LogP contribution in [0, 0.1) is 0 Å². The first-order valence-corrected chi connectivity index (χ1v) is 17.0. The van der Waals surface area contributed by atoms with E-state index in [1.807, 2.05) is 36.4 Å². The molecule has 0 saturated heterocycles. The van der Waals surface area contributed by atoms with Gasteiger partial charge in [0, 0.05) is 0 Å². The van der Waals surface area contributed by atoms with E-state index >= 15 is 0 Å². The van der Waals surface area contributed by atoms with Gasteiger partial charge in [0.15, 0.2) is 0 Å². The summed E-state index contributed by atoms with van der Waals surface area (Å²) in [5.74, 6) is 1.63. The Hall–Kier alpha value is 2.43. The Kier molecular flexibility index (Phi) is 7.78. The number of rotatable bonds is 2. The zero-order valence-electron chi connectivity index (χ0n) is 8.84. The van der Waals surface area contributed by atoms with Crippen LogP contribution in [0.3, 0.4) is 0 Å². The molecule has 1 rings (SSSR count). The molecule has 0 aliphatic carbocycles. The first-order valence-electron chi connectivity index (χ1n) is 4.31. The molecule has 1 aromatic rings. The van der Waals surface area contributed by atoms with Crippen LogP contribution in [0.5, 0.6) is 0 Å². The van der Waals surface area contributed by atoms with Gasteiger partial charge in [0.05, 0.1) is 0 Å². The van der Waals surface area contributed by atoms with Gasteiger partial charge in [-0.25, -0.2) is 0 Å². The molecule has 0 heterocycles. The van der Waals surface area contributed by atoms with Crippen LogP contribution in [0.1, 0.15) is 5.56 Å². The second kappa shape index (κ2) is 6.90. The third kappa shape index (κ3) is 25.7. The average Bonchev–Trinajstić information content (AvgIpc) is 2.10. The molecule has 0 atom stereocenters. The number of benzene rings is 1. The van der Waals surface area contributed by atoms with Crippen molar-refractivity contribution in [2.24, 2.45) is 0 Å². The zero-order valence-corrected chi connectivity index (χ0v) is 17.4. The molecule has 0 nitrogen and oxygen atoms in total. The van der Waals surface area contributed by atoms with Gasteiger partial charge in [-0.1, -0.05) is 30.3 Å². The normalized spacial score (nSPS) is 16.3. The molecule has 112 valence electrons. The summed E-state index contributed by atoms with van der Waals surface area (Å²) >= 11 is 46.9. The van der Waals surface area contributed by atoms with Crippen LogP contribution >= 0.6 is 109 Å². The maximum atomic E-state index is 5.64. The predicted molar refractivity (Wildman–Crippen MR) is 102 cm³/mol. The first kappa shape index (κ1) is 21.4. The van der Waals surface area contributed by atoms with Crippen LogP contribution in [-0.2, 0) is 0 Å². The summed E-state index contributed by atoms with van der Waals surface area (Å²) in [7, 11) is 0. The summed E-state index contributed by atoms with van der Waals surface area (Å²) < 4.78 is -4.82. The van der Waals surface area contributed by atoms with E-state index in [2.05, 4.69) is 0 Å². The van der Waals surface area contributed by atoms with Crippen LogP contribution in [0.4, 0.5) is 0 Å². The summed E-state index contributed by atoms with van der Waals surface area (Å²) in [4.78, 5) is 0. The van der Waals surface area contributed by atoms with Crippen molar-refractivity contribution in [1.29, 1.82) is 0 Å². The second-order valence-corrected chi connectivity index (χ2v) is 35.7. The number of halogens is 9. The zero-order chi connectivity index (χ0) is 15.4. The molecule has 0 aromatic heterocycles. The van der Waals surface area contributed by atoms with Gasteiger partial charge in [0.1, 0.15) is 39.5 Å². The fourth-order valence-electron chi connectivity index (χ4n) is 0.735. The Labute approximate surface area is 155 Å². The Morgan fingerprint density at radius 1 is 0.789 bits per heavy atom. The van der Waals surface area contributed by atoms with E-state index in [1.54, 1.807) is 5.82 Å². The van der Waals surface area contributed by atoms with Crippen molar-refractivity contribution in [3.05, 3.63) is 41.7 Å². The van der Waals surface area contributed by atoms with E-state index in [-0.39, 0.29) is 0 Å². The maximum absolute atomic E-state index is 5.64. The third-order valence-electron chi connectivity index (χ3n) is 1.24. The molecule has 19 heavy (non-hydrogen) atoms. The fourth-order valence-corrected chi connectivity index (χ4v) is 1.58. The van der Waals surface area contributed by atoms with Gasteiger partial charge >= 0.3 is 74.8 Å². The quantitative estimate of drug-likeness (QED) is 0.367. The molecule has 0 bridgehead atoms. The molecular formula is C8H7Cl9P2. The molecule has 0 N–H and O–H groups in total. The monoisotopic (exact) mass is 480 g/mol. The Morgan fingerprint density at radius 2 is 1.16 bits per heavy atom. The van der Waals surface area contributed by atoms with E-state index in [4.69, 9.17) is 101 Å². The summed E-state index contributed by atoms with van der Waals surface area (Å²) in [5.41, 5.74) is 1.05. The van der Waals surface area contributed by atoms with Gasteiger partial charge in [0.2, 0.25) is 0 Å². The van der Waals surface area contributed by atoms with E-state index in [0.717, 1.165) is 5.56 Å². The van der Waals surface area contributed by atoms with E-state index in [9.17, 15) is 0 Å². The topological polar surface area (TPSA) is 0 Å². The van der Waals surface area contributed by atoms with E-state index in [1.165, 1.54) is 0 Å². The van der Waals surface area contributed by atoms with Crippen molar-refractivity contribution in [3.8, 4) is 0 Å². The van der Waals surface area contributed by atoms with Gasteiger partial charge in [-0.3, -0.25) is 0 Å². The molecular weight excluding hydrogens is 477 g/mol. The van der Waals surface area contributed by atoms with Crippen LogP contribution in [0.2, 0.25) is 0 Å².